The highest BCUT2D eigenvalue weighted by Gasteiger charge is 2.30. The minimum absolute atomic E-state index is 0.0952. The first-order valence-corrected chi connectivity index (χ1v) is 7.72. The van der Waals surface area contributed by atoms with Crippen molar-refractivity contribution in [2.75, 3.05) is 6.54 Å². The Balaban J connectivity index is 2.24. The number of likely N-dealkylation sites (tertiary alicyclic amines) is 1. The van der Waals surface area contributed by atoms with Crippen molar-refractivity contribution in [3.8, 4) is 0 Å². The molecule has 1 aromatic carbocycles. The van der Waals surface area contributed by atoms with E-state index in [1.54, 1.807) is 0 Å². The normalized spacial score (nSPS) is 22.9. The van der Waals surface area contributed by atoms with E-state index in [1.165, 1.54) is 18.4 Å². The fraction of sp³-hybridized carbons (Fsp3) is 0.588. The molecule has 3 unspecified atom stereocenters. The van der Waals surface area contributed by atoms with Crippen molar-refractivity contribution >= 4 is 5.91 Å². The molecule has 2 rings (SSSR count). The van der Waals surface area contributed by atoms with Crippen molar-refractivity contribution in [1.82, 2.24) is 4.90 Å². The third kappa shape index (κ3) is 3.40. The first kappa shape index (κ1) is 15.0. The van der Waals surface area contributed by atoms with Crippen molar-refractivity contribution in [1.29, 1.82) is 0 Å². The molecule has 1 fully saturated rings. The SMILES string of the molecule is CC(N)C(C)C(=O)N1CCCCCC1c1ccccc1. The van der Waals surface area contributed by atoms with Gasteiger partial charge in [0.15, 0.2) is 0 Å². The van der Waals surface area contributed by atoms with Crippen molar-refractivity contribution < 1.29 is 4.79 Å². The number of nitrogens with two attached hydrogens (primary N) is 1. The van der Waals surface area contributed by atoms with Crippen LogP contribution in [0.25, 0.3) is 0 Å². The molecule has 1 heterocycles. The average Bonchev–Trinajstić information content (AvgIpc) is 2.72. The molecule has 110 valence electrons. The number of carbonyl (C=O) groups is 1. The number of hydrogen-bond acceptors (Lipinski definition) is 2. The summed E-state index contributed by atoms with van der Waals surface area (Å²) in [7, 11) is 0. The lowest BCUT2D eigenvalue weighted by atomic mass is 9.97. The quantitative estimate of drug-likeness (QED) is 0.920. The van der Waals surface area contributed by atoms with Gasteiger partial charge in [0.25, 0.3) is 0 Å². The van der Waals surface area contributed by atoms with E-state index in [2.05, 4.69) is 29.2 Å². The van der Waals surface area contributed by atoms with Crippen molar-refractivity contribution in [2.45, 2.75) is 51.6 Å². The minimum Gasteiger partial charge on any atom is -0.335 e. The maximum Gasteiger partial charge on any atom is 0.227 e. The van der Waals surface area contributed by atoms with Crippen LogP contribution in [0.1, 0.15) is 51.1 Å². The van der Waals surface area contributed by atoms with Crippen LogP contribution in [-0.4, -0.2) is 23.4 Å². The molecular formula is C17H26N2O. The van der Waals surface area contributed by atoms with Gasteiger partial charge in [0, 0.05) is 12.6 Å². The van der Waals surface area contributed by atoms with Crippen LogP contribution in [0.15, 0.2) is 30.3 Å². The van der Waals surface area contributed by atoms with E-state index < -0.39 is 0 Å². The second-order valence-corrected chi connectivity index (χ2v) is 5.96. The third-order valence-corrected chi connectivity index (χ3v) is 4.40. The average molecular weight is 274 g/mol. The van der Waals surface area contributed by atoms with E-state index in [4.69, 9.17) is 5.73 Å². The van der Waals surface area contributed by atoms with E-state index in [-0.39, 0.29) is 23.9 Å². The van der Waals surface area contributed by atoms with Gasteiger partial charge in [-0.2, -0.15) is 0 Å². The summed E-state index contributed by atoms with van der Waals surface area (Å²) < 4.78 is 0. The Morgan fingerprint density at radius 2 is 1.90 bits per heavy atom. The molecular weight excluding hydrogens is 248 g/mol. The van der Waals surface area contributed by atoms with Gasteiger partial charge in [-0.15, -0.1) is 0 Å². The summed E-state index contributed by atoms with van der Waals surface area (Å²) in [5, 5.41) is 0. The van der Waals surface area contributed by atoms with E-state index in [9.17, 15) is 4.79 Å². The summed E-state index contributed by atoms with van der Waals surface area (Å²) in [5.74, 6) is 0.0927. The predicted molar refractivity (Wildman–Crippen MR) is 82.2 cm³/mol. The Hall–Kier alpha value is -1.35. The topological polar surface area (TPSA) is 46.3 Å². The maximum atomic E-state index is 12.7. The Labute approximate surface area is 122 Å². The summed E-state index contributed by atoms with van der Waals surface area (Å²) in [5.41, 5.74) is 7.17. The van der Waals surface area contributed by atoms with Crippen LogP contribution in [0.2, 0.25) is 0 Å². The zero-order valence-corrected chi connectivity index (χ0v) is 12.6. The van der Waals surface area contributed by atoms with Crippen LogP contribution in [-0.2, 0) is 4.79 Å². The van der Waals surface area contributed by atoms with Gasteiger partial charge < -0.3 is 10.6 Å². The lowest BCUT2D eigenvalue weighted by Crippen LogP contribution is -2.43. The molecule has 0 radical (unpaired) electrons. The number of benzene rings is 1. The lowest BCUT2D eigenvalue weighted by molar-refractivity contribution is -0.138. The molecule has 0 aliphatic carbocycles. The molecule has 1 aliphatic rings. The molecule has 2 N–H and O–H groups in total. The minimum atomic E-state index is -0.112. The Bertz CT molecular complexity index is 430. The van der Waals surface area contributed by atoms with Crippen LogP contribution in [0, 0.1) is 5.92 Å². The molecule has 0 aromatic heterocycles. The third-order valence-electron chi connectivity index (χ3n) is 4.40. The van der Waals surface area contributed by atoms with Crippen molar-refractivity contribution in [3.63, 3.8) is 0 Å². The van der Waals surface area contributed by atoms with Gasteiger partial charge in [-0.3, -0.25) is 4.79 Å². The van der Waals surface area contributed by atoms with Gasteiger partial charge in [0.05, 0.1) is 12.0 Å². The Kier molecular flexibility index (Phi) is 5.18. The summed E-state index contributed by atoms with van der Waals surface area (Å²) in [6, 6.07) is 10.5. The van der Waals surface area contributed by atoms with Gasteiger partial charge >= 0.3 is 0 Å². The van der Waals surface area contributed by atoms with Crippen LogP contribution in [0.3, 0.4) is 0 Å². The van der Waals surface area contributed by atoms with Gasteiger partial charge in [-0.25, -0.2) is 0 Å². The highest BCUT2D eigenvalue weighted by molar-refractivity contribution is 5.79. The van der Waals surface area contributed by atoms with Crippen LogP contribution < -0.4 is 5.73 Å². The molecule has 1 amide bonds. The van der Waals surface area contributed by atoms with Crippen molar-refractivity contribution in [3.05, 3.63) is 35.9 Å². The molecule has 20 heavy (non-hydrogen) atoms. The van der Waals surface area contributed by atoms with E-state index in [0.29, 0.717) is 0 Å². The van der Waals surface area contributed by atoms with Crippen LogP contribution >= 0.6 is 0 Å². The molecule has 0 saturated carbocycles. The summed E-state index contributed by atoms with van der Waals surface area (Å²) in [4.78, 5) is 14.8. The summed E-state index contributed by atoms with van der Waals surface area (Å²) >= 11 is 0. The predicted octanol–water partition coefficient (Wildman–Crippen LogP) is 3.11. The zero-order valence-electron chi connectivity index (χ0n) is 12.6. The summed E-state index contributed by atoms with van der Waals surface area (Å²) in [6.45, 7) is 4.72. The molecule has 1 aliphatic heterocycles. The number of hydrogen-bond donors (Lipinski definition) is 1. The highest BCUT2D eigenvalue weighted by Crippen LogP contribution is 2.31. The molecule has 3 atom stereocenters. The highest BCUT2D eigenvalue weighted by atomic mass is 16.2. The number of carbonyl (C=O) groups excluding carboxylic acids is 1. The molecule has 1 aromatic rings. The van der Waals surface area contributed by atoms with E-state index in [0.717, 1.165) is 19.4 Å². The smallest absolute Gasteiger partial charge is 0.227 e. The standard InChI is InChI=1S/C17H26N2O/c1-13(14(2)18)17(20)19-12-8-4-7-11-16(19)15-9-5-3-6-10-15/h3,5-6,9-10,13-14,16H,4,7-8,11-12,18H2,1-2H3. The molecule has 3 heteroatoms. The Morgan fingerprint density at radius 3 is 2.55 bits per heavy atom. The fourth-order valence-electron chi connectivity index (χ4n) is 2.88. The Morgan fingerprint density at radius 1 is 1.20 bits per heavy atom. The van der Waals surface area contributed by atoms with E-state index >= 15 is 0 Å². The first-order chi connectivity index (χ1) is 9.61. The second-order valence-electron chi connectivity index (χ2n) is 5.96. The van der Waals surface area contributed by atoms with Crippen molar-refractivity contribution in [2.24, 2.45) is 11.7 Å². The zero-order chi connectivity index (χ0) is 14.5. The monoisotopic (exact) mass is 274 g/mol. The van der Waals surface area contributed by atoms with Gasteiger partial charge in [-0.05, 0) is 25.3 Å². The van der Waals surface area contributed by atoms with Gasteiger partial charge in [-0.1, -0.05) is 50.1 Å². The first-order valence-electron chi connectivity index (χ1n) is 7.72. The van der Waals surface area contributed by atoms with Gasteiger partial charge in [0.2, 0.25) is 5.91 Å². The van der Waals surface area contributed by atoms with Gasteiger partial charge in [0.1, 0.15) is 0 Å². The number of rotatable bonds is 3. The van der Waals surface area contributed by atoms with E-state index in [1.807, 2.05) is 19.9 Å². The van der Waals surface area contributed by atoms with Crippen LogP contribution in [0.4, 0.5) is 0 Å². The maximum absolute atomic E-state index is 12.7. The molecule has 3 nitrogen and oxygen atoms in total. The lowest BCUT2D eigenvalue weighted by Gasteiger charge is -2.33. The number of amides is 1. The van der Waals surface area contributed by atoms with Crippen LogP contribution in [0.5, 0.6) is 0 Å². The second kappa shape index (κ2) is 6.89. The molecule has 0 bridgehead atoms. The summed E-state index contributed by atoms with van der Waals surface area (Å²) in [6.07, 6.45) is 4.55. The molecule has 0 spiro atoms. The number of nitrogens with zero attached hydrogens (tertiary/aromatic N) is 1. The fourth-order valence-corrected chi connectivity index (χ4v) is 2.88. The molecule has 1 saturated heterocycles. The largest absolute Gasteiger partial charge is 0.335 e.